The van der Waals surface area contributed by atoms with Crippen molar-refractivity contribution >= 4 is 16.0 Å². The van der Waals surface area contributed by atoms with Gasteiger partial charge in [-0.05, 0) is 18.8 Å². The molecule has 112 valence electrons. The summed E-state index contributed by atoms with van der Waals surface area (Å²) in [6.07, 6.45) is 1.93. The summed E-state index contributed by atoms with van der Waals surface area (Å²) in [5.74, 6) is -0.629. The fourth-order valence-corrected chi connectivity index (χ4v) is 5.09. The molecule has 0 bridgehead atoms. The average Bonchev–Trinajstić information content (AvgIpc) is 2.84. The third-order valence-corrected chi connectivity index (χ3v) is 6.08. The maximum absolute atomic E-state index is 12.6. The molecule has 1 saturated carbocycles. The first-order valence-corrected chi connectivity index (χ1v) is 8.41. The van der Waals surface area contributed by atoms with Gasteiger partial charge in [-0.3, -0.25) is 4.79 Å². The van der Waals surface area contributed by atoms with Gasteiger partial charge in [0.15, 0.2) is 0 Å². The van der Waals surface area contributed by atoms with Crippen LogP contribution in [0, 0.1) is 11.8 Å². The molecule has 1 rings (SSSR count). The largest absolute Gasteiger partial charge is 0.469 e. The monoisotopic (exact) mass is 291 g/mol. The van der Waals surface area contributed by atoms with E-state index < -0.39 is 27.2 Å². The molecule has 0 amide bonds. The van der Waals surface area contributed by atoms with Gasteiger partial charge in [0.25, 0.3) is 0 Å². The lowest BCUT2D eigenvalue weighted by Gasteiger charge is -2.28. The molecule has 1 aliphatic carbocycles. The Labute approximate surface area is 116 Å². The van der Waals surface area contributed by atoms with Crippen LogP contribution >= 0.6 is 0 Å². The molecule has 0 spiro atoms. The maximum atomic E-state index is 12.6. The molecule has 2 unspecified atom stereocenters. The molecule has 0 N–H and O–H groups in total. The minimum absolute atomic E-state index is 0.271. The summed E-state index contributed by atoms with van der Waals surface area (Å²) in [7, 11) is -2.10. The predicted octanol–water partition coefficient (Wildman–Crippen LogP) is 1.64. The van der Waals surface area contributed by atoms with Crippen molar-refractivity contribution in [3.63, 3.8) is 0 Å². The number of carbonyl (C=O) groups is 1. The standard InChI is InChI=1S/C13H25NO4S/c1-5-14(9-10(2)3)19(16,17)12-8-6-7-11(12)13(15)18-4/h10-12H,5-9H2,1-4H3. The van der Waals surface area contributed by atoms with E-state index in [2.05, 4.69) is 0 Å². The van der Waals surface area contributed by atoms with Gasteiger partial charge in [0, 0.05) is 13.1 Å². The number of methoxy groups -OCH3 is 1. The molecule has 0 aromatic rings. The van der Waals surface area contributed by atoms with Crippen molar-refractivity contribution in [3.8, 4) is 0 Å². The van der Waals surface area contributed by atoms with E-state index in [1.807, 2.05) is 20.8 Å². The summed E-state index contributed by atoms with van der Waals surface area (Å²) in [5.41, 5.74) is 0. The summed E-state index contributed by atoms with van der Waals surface area (Å²) in [6.45, 7) is 6.77. The Morgan fingerprint density at radius 1 is 1.37 bits per heavy atom. The van der Waals surface area contributed by atoms with Crippen molar-refractivity contribution in [3.05, 3.63) is 0 Å². The van der Waals surface area contributed by atoms with Crippen LogP contribution in [0.1, 0.15) is 40.0 Å². The Hall–Kier alpha value is -0.620. The second-order valence-electron chi connectivity index (χ2n) is 5.49. The number of esters is 1. The van der Waals surface area contributed by atoms with Gasteiger partial charge < -0.3 is 4.74 Å². The molecule has 6 heteroatoms. The molecule has 0 radical (unpaired) electrons. The minimum atomic E-state index is -3.42. The average molecular weight is 291 g/mol. The van der Waals surface area contributed by atoms with Gasteiger partial charge in [-0.2, -0.15) is 0 Å². The molecular formula is C13H25NO4S. The zero-order valence-corrected chi connectivity index (χ0v) is 13.1. The van der Waals surface area contributed by atoms with Gasteiger partial charge in [0.05, 0.1) is 18.3 Å². The first kappa shape index (κ1) is 16.4. The van der Waals surface area contributed by atoms with Gasteiger partial charge >= 0.3 is 5.97 Å². The number of carbonyl (C=O) groups excluding carboxylic acids is 1. The summed E-state index contributed by atoms with van der Waals surface area (Å²) >= 11 is 0. The molecule has 0 saturated heterocycles. The normalized spacial score (nSPS) is 24.1. The molecule has 1 fully saturated rings. The zero-order valence-electron chi connectivity index (χ0n) is 12.3. The second-order valence-corrected chi connectivity index (χ2v) is 7.64. The van der Waals surface area contributed by atoms with Crippen LogP contribution in [0.15, 0.2) is 0 Å². The number of nitrogens with zero attached hydrogens (tertiary/aromatic N) is 1. The lowest BCUT2D eigenvalue weighted by Crippen LogP contribution is -2.43. The summed E-state index contributed by atoms with van der Waals surface area (Å²) in [6, 6.07) is 0. The molecule has 19 heavy (non-hydrogen) atoms. The van der Waals surface area contributed by atoms with Crippen molar-refractivity contribution in [2.75, 3.05) is 20.2 Å². The molecule has 0 aromatic heterocycles. The van der Waals surface area contributed by atoms with E-state index in [0.29, 0.717) is 25.9 Å². The van der Waals surface area contributed by atoms with Gasteiger partial charge in [-0.1, -0.05) is 27.2 Å². The van der Waals surface area contributed by atoms with Crippen LogP contribution in [0.25, 0.3) is 0 Å². The fraction of sp³-hybridized carbons (Fsp3) is 0.923. The summed E-state index contributed by atoms with van der Waals surface area (Å²) in [5, 5.41) is -0.612. The number of hydrogen-bond donors (Lipinski definition) is 0. The number of sulfonamides is 1. The van der Waals surface area contributed by atoms with Crippen LogP contribution in [-0.4, -0.2) is 44.1 Å². The molecule has 0 aromatic carbocycles. The summed E-state index contributed by atoms with van der Waals surface area (Å²) < 4.78 is 31.5. The highest BCUT2D eigenvalue weighted by Crippen LogP contribution is 2.33. The third kappa shape index (κ3) is 3.69. The Kier molecular flexibility index (Phi) is 5.80. The van der Waals surface area contributed by atoms with Gasteiger partial charge in [-0.25, -0.2) is 12.7 Å². The Morgan fingerprint density at radius 3 is 2.47 bits per heavy atom. The van der Waals surface area contributed by atoms with Gasteiger partial charge in [-0.15, -0.1) is 0 Å². The molecule has 0 aliphatic heterocycles. The van der Waals surface area contributed by atoms with E-state index in [-0.39, 0.29) is 5.92 Å². The van der Waals surface area contributed by atoms with Gasteiger partial charge in [0.2, 0.25) is 10.0 Å². The summed E-state index contributed by atoms with van der Waals surface area (Å²) in [4.78, 5) is 11.7. The van der Waals surface area contributed by atoms with Crippen LogP contribution in [0.4, 0.5) is 0 Å². The smallest absolute Gasteiger partial charge is 0.310 e. The third-order valence-electron chi connectivity index (χ3n) is 3.62. The lowest BCUT2D eigenvalue weighted by atomic mass is 10.1. The lowest BCUT2D eigenvalue weighted by molar-refractivity contribution is -0.145. The van der Waals surface area contributed by atoms with Gasteiger partial charge in [0.1, 0.15) is 0 Å². The first-order chi connectivity index (χ1) is 8.84. The van der Waals surface area contributed by atoms with E-state index in [4.69, 9.17) is 4.74 Å². The number of hydrogen-bond acceptors (Lipinski definition) is 4. The molecule has 1 aliphatic rings. The Bertz CT molecular complexity index is 405. The Morgan fingerprint density at radius 2 is 2.00 bits per heavy atom. The zero-order chi connectivity index (χ0) is 14.6. The number of rotatable bonds is 6. The molecular weight excluding hydrogens is 266 g/mol. The molecule has 0 heterocycles. The number of ether oxygens (including phenoxy) is 1. The Balaban J connectivity index is 2.94. The van der Waals surface area contributed by atoms with Crippen LogP contribution in [-0.2, 0) is 19.6 Å². The van der Waals surface area contributed by atoms with E-state index in [9.17, 15) is 13.2 Å². The molecule has 5 nitrogen and oxygen atoms in total. The van der Waals surface area contributed by atoms with Crippen molar-refractivity contribution < 1.29 is 17.9 Å². The highest BCUT2D eigenvalue weighted by atomic mass is 32.2. The highest BCUT2D eigenvalue weighted by molar-refractivity contribution is 7.89. The highest BCUT2D eigenvalue weighted by Gasteiger charge is 2.44. The molecule has 2 atom stereocenters. The fourth-order valence-electron chi connectivity index (χ4n) is 2.72. The van der Waals surface area contributed by atoms with E-state index >= 15 is 0 Å². The van der Waals surface area contributed by atoms with Crippen LogP contribution in [0.3, 0.4) is 0 Å². The second kappa shape index (κ2) is 6.70. The SMILES string of the molecule is CCN(CC(C)C)S(=O)(=O)C1CCCC1C(=O)OC. The van der Waals surface area contributed by atoms with Crippen molar-refractivity contribution in [2.24, 2.45) is 11.8 Å². The van der Waals surface area contributed by atoms with Crippen LogP contribution in [0.5, 0.6) is 0 Å². The maximum Gasteiger partial charge on any atom is 0.310 e. The first-order valence-electron chi connectivity index (χ1n) is 6.91. The van der Waals surface area contributed by atoms with E-state index in [0.717, 1.165) is 6.42 Å². The quantitative estimate of drug-likeness (QED) is 0.698. The minimum Gasteiger partial charge on any atom is -0.469 e. The van der Waals surface area contributed by atoms with E-state index in [1.165, 1.54) is 11.4 Å². The van der Waals surface area contributed by atoms with Crippen LogP contribution in [0.2, 0.25) is 0 Å². The topological polar surface area (TPSA) is 63.7 Å². The predicted molar refractivity (Wildman–Crippen MR) is 74.1 cm³/mol. The van der Waals surface area contributed by atoms with E-state index in [1.54, 1.807) is 0 Å². The van der Waals surface area contributed by atoms with Crippen molar-refractivity contribution in [2.45, 2.75) is 45.3 Å². The van der Waals surface area contributed by atoms with Crippen molar-refractivity contribution in [1.29, 1.82) is 0 Å². The van der Waals surface area contributed by atoms with Crippen LogP contribution < -0.4 is 0 Å². The van der Waals surface area contributed by atoms with Crippen molar-refractivity contribution in [1.82, 2.24) is 4.31 Å².